The molecule has 2 nitrogen and oxygen atoms in total. The molecule has 0 aliphatic carbocycles. The molecule has 0 saturated heterocycles. The van der Waals surface area contributed by atoms with Crippen LogP contribution in [0.25, 0.3) is 0 Å². The Balaban J connectivity index is 2.46. The van der Waals surface area contributed by atoms with Gasteiger partial charge in [0.05, 0.1) is 20.0 Å². The molecule has 2 aromatic rings. The molecule has 2 heteroatoms. The summed E-state index contributed by atoms with van der Waals surface area (Å²) in [5, 5.41) is 0. The van der Waals surface area contributed by atoms with E-state index in [1.165, 1.54) is 17.2 Å². The molecule has 20 heavy (non-hydrogen) atoms. The molecule has 0 aliphatic heterocycles. The van der Waals surface area contributed by atoms with Crippen molar-refractivity contribution in [3.63, 3.8) is 0 Å². The molecule has 0 spiro atoms. The second-order valence-corrected chi connectivity index (χ2v) is 5.30. The van der Waals surface area contributed by atoms with Gasteiger partial charge in [-0.25, -0.2) is 9.48 Å². The van der Waals surface area contributed by atoms with Crippen LogP contribution in [0.15, 0.2) is 60.7 Å². The first-order valence-corrected chi connectivity index (χ1v) is 7.05. The predicted octanol–water partition coefficient (Wildman–Crippen LogP) is 4.15. The van der Waals surface area contributed by atoms with Crippen molar-refractivity contribution < 1.29 is 4.58 Å². The van der Waals surface area contributed by atoms with Crippen LogP contribution >= 0.6 is 0 Å². The smallest absolute Gasteiger partial charge is 0.234 e. The summed E-state index contributed by atoms with van der Waals surface area (Å²) < 4.78 is 2.26. The molecule has 2 aromatic carbocycles. The Labute approximate surface area is 122 Å². The zero-order valence-electron chi connectivity index (χ0n) is 12.7. The number of amidine groups is 1. The highest BCUT2D eigenvalue weighted by Crippen LogP contribution is 2.18. The Morgan fingerprint density at radius 1 is 0.900 bits per heavy atom. The second-order valence-electron chi connectivity index (χ2n) is 5.30. The van der Waals surface area contributed by atoms with Gasteiger partial charge in [-0.1, -0.05) is 50.2 Å². The summed E-state index contributed by atoms with van der Waals surface area (Å²) in [4.78, 5) is 2.26. The summed E-state index contributed by atoms with van der Waals surface area (Å²) in [5.41, 5.74) is 2.41. The molecule has 0 amide bonds. The van der Waals surface area contributed by atoms with Gasteiger partial charge in [-0.2, -0.15) is 0 Å². The van der Waals surface area contributed by atoms with Gasteiger partial charge < -0.3 is 0 Å². The average molecular weight is 267 g/mol. The van der Waals surface area contributed by atoms with E-state index in [0.29, 0.717) is 5.92 Å². The summed E-state index contributed by atoms with van der Waals surface area (Å²) in [5.74, 6) is 1.72. The van der Waals surface area contributed by atoms with E-state index in [9.17, 15) is 0 Å². The highest BCUT2D eigenvalue weighted by Gasteiger charge is 2.23. The van der Waals surface area contributed by atoms with Crippen LogP contribution in [0.5, 0.6) is 0 Å². The molecular weight excluding hydrogens is 244 g/mol. The molecule has 0 bridgehead atoms. The van der Waals surface area contributed by atoms with Crippen LogP contribution in [0, 0.1) is 5.92 Å². The minimum absolute atomic E-state index is 0.436. The minimum Gasteiger partial charge on any atom is -0.234 e. The molecule has 0 aliphatic rings. The lowest BCUT2D eigenvalue weighted by atomic mass is 10.1. The Morgan fingerprint density at radius 2 is 1.40 bits per heavy atom. The highest BCUT2D eigenvalue weighted by atomic mass is 15.2. The summed E-state index contributed by atoms with van der Waals surface area (Å²) in [6.07, 6.45) is 0. The summed E-state index contributed by atoms with van der Waals surface area (Å²) in [7, 11) is 4.26. The van der Waals surface area contributed by atoms with Gasteiger partial charge >= 0.3 is 0 Å². The van der Waals surface area contributed by atoms with E-state index >= 15 is 0 Å². The lowest BCUT2D eigenvalue weighted by molar-refractivity contribution is -0.408. The van der Waals surface area contributed by atoms with Gasteiger partial charge in [0.15, 0.2) is 0 Å². The molecule has 0 unspecified atom stereocenters. The molecule has 0 radical (unpaired) electrons. The van der Waals surface area contributed by atoms with Gasteiger partial charge in [-0.15, -0.1) is 0 Å². The first-order valence-electron chi connectivity index (χ1n) is 7.05. The zero-order valence-corrected chi connectivity index (χ0v) is 12.7. The van der Waals surface area contributed by atoms with E-state index in [0.717, 1.165) is 0 Å². The molecular formula is C18H23N2+. The predicted molar refractivity (Wildman–Crippen MR) is 87.0 cm³/mol. The summed E-state index contributed by atoms with van der Waals surface area (Å²) in [6, 6.07) is 21.0. The molecule has 0 N–H and O–H groups in total. The maximum atomic E-state index is 2.26. The third kappa shape index (κ3) is 3.08. The standard InChI is InChI=1S/C18H23N2/c1-15(2)18(19(3)16-11-7-5-8-12-16)20(4)17-13-9-6-10-14-17/h5-15H,1-4H3/q+1. The van der Waals surface area contributed by atoms with Crippen molar-refractivity contribution in [2.75, 3.05) is 19.0 Å². The van der Waals surface area contributed by atoms with E-state index in [4.69, 9.17) is 0 Å². The second kappa shape index (κ2) is 6.38. The fourth-order valence-corrected chi connectivity index (χ4v) is 2.57. The molecule has 0 heterocycles. The topological polar surface area (TPSA) is 6.25 Å². The van der Waals surface area contributed by atoms with E-state index in [1.54, 1.807) is 0 Å². The first kappa shape index (κ1) is 14.3. The van der Waals surface area contributed by atoms with E-state index in [2.05, 4.69) is 85.9 Å². The van der Waals surface area contributed by atoms with Crippen molar-refractivity contribution in [3.05, 3.63) is 60.7 Å². The van der Waals surface area contributed by atoms with Crippen LogP contribution in [-0.4, -0.2) is 24.5 Å². The SMILES string of the molecule is CC(C)C(N(C)c1ccccc1)=[N+](C)c1ccccc1. The molecule has 104 valence electrons. The van der Waals surface area contributed by atoms with Gasteiger partial charge in [0.25, 0.3) is 5.84 Å². The van der Waals surface area contributed by atoms with Crippen LogP contribution in [-0.2, 0) is 0 Å². The summed E-state index contributed by atoms with van der Waals surface area (Å²) in [6.45, 7) is 4.46. The van der Waals surface area contributed by atoms with Crippen molar-refractivity contribution >= 4 is 17.2 Å². The number of nitrogens with zero attached hydrogens (tertiary/aromatic N) is 2. The lowest BCUT2D eigenvalue weighted by Crippen LogP contribution is -2.36. The average Bonchev–Trinajstić information content (AvgIpc) is 2.48. The number of benzene rings is 2. The van der Waals surface area contributed by atoms with Gasteiger partial charge in [0.2, 0.25) is 0 Å². The van der Waals surface area contributed by atoms with Crippen LogP contribution < -0.4 is 4.90 Å². The fraction of sp³-hybridized carbons (Fsp3) is 0.278. The van der Waals surface area contributed by atoms with Crippen molar-refractivity contribution in [1.29, 1.82) is 0 Å². The maximum absolute atomic E-state index is 2.26. The van der Waals surface area contributed by atoms with E-state index in [1.807, 2.05) is 12.1 Å². The molecule has 0 aromatic heterocycles. The normalized spacial score (nSPS) is 12.2. The minimum atomic E-state index is 0.436. The lowest BCUT2D eigenvalue weighted by Gasteiger charge is -2.20. The van der Waals surface area contributed by atoms with Crippen molar-refractivity contribution in [2.24, 2.45) is 5.92 Å². The number of para-hydroxylation sites is 2. The Bertz CT molecular complexity index is 571. The zero-order chi connectivity index (χ0) is 14.5. The largest absolute Gasteiger partial charge is 0.259 e. The number of anilines is 1. The third-order valence-electron chi connectivity index (χ3n) is 3.49. The maximum Gasteiger partial charge on any atom is 0.259 e. The van der Waals surface area contributed by atoms with Crippen molar-refractivity contribution in [1.82, 2.24) is 0 Å². The summed E-state index contributed by atoms with van der Waals surface area (Å²) >= 11 is 0. The number of hydrogen-bond acceptors (Lipinski definition) is 0. The fourth-order valence-electron chi connectivity index (χ4n) is 2.57. The van der Waals surface area contributed by atoms with Crippen LogP contribution in [0.2, 0.25) is 0 Å². The Morgan fingerprint density at radius 3 is 1.90 bits per heavy atom. The molecule has 0 fully saturated rings. The number of rotatable bonds is 3. The molecule has 0 saturated carbocycles. The Hall–Kier alpha value is -2.09. The van der Waals surface area contributed by atoms with E-state index in [-0.39, 0.29) is 0 Å². The monoisotopic (exact) mass is 267 g/mol. The third-order valence-corrected chi connectivity index (χ3v) is 3.49. The van der Waals surface area contributed by atoms with E-state index < -0.39 is 0 Å². The quantitative estimate of drug-likeness (QED) is 0.460. The first-order chi connectivity index (χ1) is 9.61. The molecule has 2 rings (SSSR count). The molecule has 0 atom stereocenters. The van der Waals surface area contributed by atoms with Gasteiger partial charge in [-0.05, 0) is 24.3 Å². The van der Waals surface area contributed by atoms with Crippen LogP contribution in [0.3, 0.4) is 0 Å². The number of hydrogen-bond donors (Lipinski definition) is 0. The Kier molecular flexibility index (Phi) is 4.57. The van der Waals surface area contributed by atoms with Gasteiger partial charge in [0, 0.05) is 0 Å². The highest BCUT2D eigenvalue weighted by molar-refractivity contribution is 5.95. The van der Waals surface area contributed by atoms with Crippen LogP contribution in [0.1, 0.15) is 13.8 Å². The van der Waals surface area contributed by atoms with Gasteiger partial charge in [-0.3, -0.25) is 0 Å². The van der Waals surface area contributed by atoms with Crippen LogP contribution in [0.4, 0.5) is 11.4 Å². The van der Waals surface area contributed by atoms with Crippen molar-refractivity contribution in [2.45, 2.75) is 13.8 Å². The van der Waals surface area contributed by atoms with Gasteiger partial charge in [0.1, 0.15) is 11.4 Å². The van der Waals surface area contributed by atoms with Crippen molar-refractivity contribution in [3.8, 4) is 0 Å².